The van der Waals surface area contributed by atoms with Crippen molar-refractivity contribution in [3.05, 3.63) is 59.7 Å². The molecule has 1 atom stereocenters. The molecule has 0 aliphatic carbocycles. The summed E-state index contributed by atoms with van der Waals surface area (Å²) in [6.45, 7) is 10.9. The van der Waals surface area contributed by atoms with Crippen molar-refractivity contribution < 1.29 is 14.8 Å². The van der Waals surface area contributed by atoms with Crippen LogP contribution in [0.2, 0.25) is 0 Å². The van der Waals surface area contributed by atoms with Crippen LogP contribution in [0.3, 0.4) is 0 Å². The van der Waals surface area contributed by atoms with Gasteiger partial charge in [0.25, 0.3) is 0 Å². The zero-order valence-corrected chi connectivity index (χ0v) is 16.9. The maximum Gasteiger partial charge on any atom is 0.119 e. The highest BCUT2D eigenvalue weighted by atomic mass is 16.5. The summed E-state index contributed by atoms with van der Waals surface area (Å²) >= 11 is 0. The Morgan fingerprint density at radius 3 is 2.00 bits per heavy atom. The molecule has 0 saturated heterocycles. The van der Waals surface area contributed by atoms with Gasteiger partial charge in [-0.05, 0) is 67.6 Å². The van der Waals surface area contributed by atoms with Crippen LogP contribution in [0.5, 0.6) is 11.5 Å². The second-order valence-corrected chi connectivity index (χ2v) is 7.50. The van der Waals surface area contributed by atoms with Crippen LogP contribution in [0.4, 0.5) is 0 Å². The normalized spacial score (nSPS) is 12.4. The van der Waals surface area contributed by atoms with Crippen LogP contribution in [0.25, 0.3) is 0 Å². The van der Waals surface area contributed by atoms with Gasteiger partial charge in [-0.3, -0.25) is 0 Å². The summed E-state index contributed by atoms with van der Waals surface area (Å²) in [7, 11) is 1.71. The van der Waals surface area contributed by atoms with E-state index in [2.05, 4.69) is 81.5 Å². The zero-order valence-electron chi connectivity index (χ0n) is 16.9. The van der Waals surface area contributed by atoms with Crippen LogP contribution >= 0.6 is 0 Å². The molecule has 0 aromatic heterocycles. The maximum absolute atomic E-state index is 5.70. The summed E-state index contributed by atoms with van der Waals surface area (Å²) in [4.78, 5) is 0. The van der Waals surface area contributed by atoms with Crippen molar-refractivity contribution in [1.29, 1.82) is 0 Å². The summed E-state index contributed by atoms with van der Waals surface area (Å²) in [6.07, 6.45) is 1.40. The molecule has 2 aromatic carbocycles. The number of hydrogen-bond acceptors (Lipinski definition) is 2. The Bertz CT molecular complexity index is 632. The Balaban J connectivity index is 1.82. The lowest BCUT2D eigenvalue weighted by atomic mass is 9.86. The molecule has 0 bridgehead atoms. The fraction of sp³-hybridized carbons (Fsp3) is 0.478. The van der Waals surface area contributed by atoms with Crippen LogP contribution in [0.15, 0.2) is 48.5 Å². The standard InChI is InChI=1S/C23H33NO2/c1-17(2)23(20-8-12-21(25-5)13-9-20)14-15-24-16-19-6-10-22(11-7-19)26-18(3)4/h6-13,17-18,23-24H,14-16H2,1-5H3/p+1/t23-/m0/s1. The molecule has 0 fully saturated rings. The Morgan fingerprint density at radius 1 is 0.846 bits per heavy atom. The van der Waals surface area contributed by atoms with E-state index in [9.17, 15) is 0 Å². The van der Waals surface area contributed by atoms with Gasteiger partial charge in [0, 0.05) is 12.0 Å². The van der Waals surface area contributed by atoms with Crippen LogP contribution in [-0.2, 0) is 6.54 Å². The van der Waals surface area contributed by atoms with Gasteiger partial charge in [-0.2, -0.15) is 0 Å². The molecule has 2 N–H and O–H groups in total. The summed E-state index contributed by atoms with van der Waals surface area (Å²) < 4.78 is 11.0. The molecular weight excluding hydrogens is 322 g/mol. The monoisotopic (exact) mass is 356 g/mol. The Kier molecular flexibility index (Phi) is 7.99. The van der Waals surface area contributed by atoms with E-state index in [0.717, 1.165) is 24.6 Å². The molecule has 0 heterocycles. The van der Waals surface area contributed by atoms with E-state index >= 15 is 0 Å². The predicted octanol–water partition coefficient (Wildman–Crippen LogP) is 4.38. The number of methoxy groups -OCH3 is 1. The third kappa shape index (κ3) is 6.38. The molecule has 0 aliphatic rings. The van der Waals surface area contributed by atoms with Crippen LogP contribution < -0.4 is 14.8 Å². The van der Waals surface area contributed by atoms with E-state index in [-0.39, 0.29) is 6.10 Å². The van der Waals surface area contributed by atoms with Crippen molar-refractivity contribution in [2.24, 2.45) is 5.92 Å². The molecule has 0 spiro atoms. The number of rotatable bonds is 10. The topological polar surface area (TPSA) is 35.1 Å². The van der Waals surface area contributed by atoms with E-state index < -0.39 is 0 Å². The van der Waals surface area contributed by atoms with E-state index in [1.807, 2.05) is 0 Å². The van der Waals surface area contributed by atoms with Gasteiger partial charge in [-0.25, -0.2) is 0 Å². The molecule has 0 amide bonds. The zero-order chi connectivity index (χ0) is 18.9. The molecule has 0 radical (unpaired) electrons. The fourth-order valence-corrected chi connectivity index (χ4v) is 3.28. The second kappa shape index (κ2) is 10.2. The average Bonchev–Trinajstić information content (AvgIpc) is 2.62. The third-order valence-corrected chi connectivity index (χ3v) is 4.71. The van der Waals surface area contributed by atoms with Crippen molar-refractivity contribution in [3.8, 4) is 11.5 Å². The highest BCUT2D eigenvalue weighted by Gasteiger charge is 2.16. The van der Waals surface area contributed by atoms with Crippen molar-refractivity contribution in [1.82, 2.24) is 0 Å². The predicted molar refractivity (Wildman–Crippen MR) is 108 cm³/mol. The van der Waals surface area contributed by atoms with Gasteiger partial charge in [0.1, 0.15) is 18.0 Å². The minimum Gasteiger partial charge on any atom is -0.497 e. The van der Waals surface area contributed by atoms with E-state index in [4.69, 9.17) is 9.47 Å². The van der Waals surface area contributed by atoms with Crippen molar-refractivity contribution in [2.75, 3.05) is 13.7 Å². The minimum atomic E-state index is 0.221. The van der Waals surface area contributed by atoms with Gasteiger partial charge in [-0.15, -0.1) is 0 Å². The van der Waals surface area contributed by atoms with Crippen molar-refractivity contribution in [2.45, 2.75) is 52.7 Å². The van der Waals surface area contributed by atoms with Gasteiger partial charge >= 0.3 is 0 Å². The number of ether oxygens (including phenoxy) is 2. The molecule has 0 aliphatic heterocycles. The highest BCUT2D eigenvalue weighted by Crippen LogP contribution is 2.28. The maximum atomic E-state index is 5.70. The molecule has 3 heteroatoms. The van der Waals surface area contributed by atoms with Gasteiger partial charge in [-0.1, -0.05) is 26.0 Å². The number of hydrogen-bond donors (Lipinski definition) is 1. The fourth-order valence-electron chi connectivity index (χ4n) is 3.28. The lowest BCUT2D eigenvalue weighted by Gasteiger charge is -2.21. The molecule has 3 nitrogen and oxygen atoms in total. The first-order valence-electron chi connectivity index (χ1n) is 9.70. The Hall–Kier alpha value is -2.00. The molecule has 142 valence electrons. The number of benzene rings is 2. The SMILES string of the molecule is COc1ccc([C@@H](CC[NH2+]Cc2ccc(OC(C)C)cc2)C(C)C)cc1. The van der Waals surface area contributed by atoms with Crippen LogP contribution in [0, 0.1) is 5.92 Å². The molecule has 0 saturated carbocycles. The number of nitrogens with two attached hydrogens (primary N) is 1. The summed E-state index contributed by atoms with van der Waals surface area (Å²) in [5.74, 6) is 3.08. The van der Waals surface area contributed by atoms with E-state index in [1.54, 1.807) is 7.11 Å². The van der Waals surface area contributed by atoms with Gasteiger partial charge in [0.15, 0.2) is 0 Å². The smallest absolute Gasteiger partial charge is 0.119 e. The largest absolute Gasteiger partial charge is 0.497 e. The minimum absolute atomic E-state index is 0.221. The number of quaternary nitrogens is 1. The Labute approximate surface area is 158 Å². The third-order valence-electron chi connectivity index (χ3n) is 4.71. The van der Waals surface area contributed by atoms with Gasteiger partial charge in [0.2, 0.25) is 0 Å². The summed E-state index contributed by atoms with van der Waals surface area (Å²) in [5.41, 5.74) is 2.75. The van der Waals surface area contributed by atoms with Gasteiger partial charge in [0.05, 0.1) is 19.8 Å². The van der Waals surface area contributed by atoms with Crippen molar-refractivity contribution in [3.63, 3.8) is 0 Å². The average molecular weight is 357 g/mol. The molecule has 26 heavy (non-hydrogen) atoms. The molecule has 2 rings (SSSR count). The molecular formula is C23H34NO2+. The molecule has 2 aromatic rings. The summed E-state index contributed by atoms with van der Waals surface area (Å²) in [6, 6.07) is 17.0. The lowest BCUT2D eigenvalue weighted by Crippen LogP contribution is -2.82. The first-order valence-corrected chi connectivity index (χ1v) is 9.70. The Morgan fingerprint density at radius 2 is 1.46 bits per heavy atom. The second-order valence-electron chi connectivity index (χ2n) is 7.50. The lowest BCUT2D eigenvalue weighted by molar-refractivity contribution is -0.671. The first-order chi connectivity index (χ1) is 12.5. The van der Waals surface area contributed by atoms with E-state index in [1.165, 1.54) is 17.5 Å². The highest BCUT2D eigenvalue weighted by molar-refractivity contribution is 5.29. The van der Waals surface area contributed by atoms with Crippen LogP contribution in [0.1, 0.15) is 51.2 Å². The molecule has 0 unspecified atom stereocenters. The summed E-state index contributed by atoms with van der Waals surface area (Å²) in [5, 5.41) is 2.40. The first kappa shape index (κ1) is 20.3. The van der Waals surface area contributed by atoms with Gasteiger partial charge < -0.3 is 14.8 Å². The van der Waals surface area contributed by atoms with E-state index in [0.29, 0.717) is 11.8 Å². The quantitative estimate of drug-likeness (QED) is 0.641. The van der Waals surface area contributed by atoms with Crippen molar-refractivity contribution >= 4 is 0 Å². The van der Waals surface area contributed by atoms with Crippen LogP contribution in [-0.4, -0.2) is 19.8 Å².